The van der Waals surface area contributed by atoms with Crippen molar-refractivity contribution in [1.82, 2.24) is 9.21 Å². The van der Waals surface area contributed by atoms with Crippen LogP contribution in [-0.2, 0) is 14.8 Å². The van der Waals surface area contributed by atoms with Gasteiger partial charge in [-0.15, -0.1) is 0 Å². The van der Waals surface area contributed by atoms with E-state index in [0.29, 0.717) is 37.0 Å². The average molecular weight is 383 g/mol. The van der Waals surface area contributed by atoms with Gasteiger partial charge in [-0.05, 0) is 37.0 Å². The zero-order valence-corrected chi connectivity index (χ0v) is 17.3. The zero-order chi connectivity index (χ0) is 19.5. The minimum atomic E-state index is -3.47. The number of hydrogen-bond acceptors (Lipinski definition) is 3. The second kappa shape index (κ2) is 8.50. The van der Waals surface area contributed by atoms with Crippen LogP contribution < -0.4 is 4.90 Å². The zero-order valence-electron chi connectivity index (χ0n) is 16.5. The molecule has 0 aliphatic carbocycles. The number of nitrogens with zero attached hydrogens (tertiary/aromatic N) is 2. The summed E-state index contributed by atoms with van der Waals surface area (Å²) in [7, 11) is 0.0318. The van der Waals surface area contributed by atoms with Crippen molar-refractivity contribution >= 4 is 15.9 Å². The molecule has 0 aromatic heterocycles. The second-order valence-corrected chi connectivity index (χ2v) is 9.33. The molecule has 1 fully saturated rings. The Kier molecular flexibility index (Phi) is 6.82. The van der Waals surface area contributed by atoms with Crippen molar-refractivity contribution in [2.45, 2.75) is 44.0 Å². The number of likely N-dealkylation sites (N-methyl/N-ethyl adjacent to an activating group) is 1. The van der Waals surface area contributed by atoms with Crippen LogP contribution in [-0.4, -0.2) is 69.8 Å². The van der Waals surface area contributed by atoms with Crippen molar-refractivity contribution in [3.8, 4) is 0 Å². The molecule has 0 spiro atoms. The fourth-order valence-corrected chi connectivity index (χ4v) is 4.80. The van der Waals surface area contributed by atoms with Crippen LogP contribution in [0.2, 0.25) is 0 Å². The lowest BCUT2D eigenvalue weighted by Gasteiger charge is -2.34. The highest BCUT2D eigenvalue weighted by atomic mass is 32.2. The van der Waals surface area contributed by atoms with Gasteiger partial charge in [-0.25, -0.2) is 8.42 Å². The molecule has 6 nitrogen and oxygen atoms in total. The van der Waals surface area contributed by atoms with E-state index in [1.165, 1.54) is 0 Å². The molecule has 1 amide bonds. The molecule has 26 heavy (non-hydrogen) atoms. The van der Waals surface area contributed by atoms with E-state index >= 15 is 0 Å². The van der Waals surface area contributed by atoms with E-state index in [1.54, 1.807) is 35.4 Å². The smallest absolute Gasteiger partial charge is 0.280 e. The first-order chi connectivity index (χ1) is 12.2. The van der Waals surface area contributed by atoms with Gasteiger partial charge in [0.2, 0.25) is 10.0 Å². The fraction of sp³-hybridized carbons (Fsp3) is 0.632. The number of sulfonamides is 1. The summed E-state index contributed by atoms with van der Waals surface area (Å²) in [4.78, 5) is 15.2. The van der Waals surface area contributed by atoms with Crippen LogP contribution in [0.25, 0.3) is 0 Å². The minimum absolute atomic E-state index is 0.0805. The van der Waals surface area contributed by atoms with E-state index in [4.69, 9.17) is 0 Å². The highest BCUT2D eigenvalue weighted by molar-refractivity contribution is 7.89. The Hall–Kier alpha value is -1.44. The van der Waals surface area contributed by atoms with Crippen molar-refractivity contribution in [2.75, 3.05) is 40.3 Å². The molecule has 0 radical (unpaired) electrons. The summed E-state index contributed by atoms with van der Waals surface area (Å²) < 4.78 is 27.3. The van der Waals surface area contributed by atoms with Gasteiger partial charge in [-0.1, -0.05) is 26.0 Å². The quantitative estimate of drug-likeness (QED) is 0.782. The van der Waals surface area contributed by atoms with Gasteiger partial charge in [-0.2, -0.15) is 4.31 Å². The molecule has 2 rings (SSSR count). The van der Waals surface area contributed by atoms with E-state index in [0.717, 1.165) is 16.9 Å². The lowest BCUT2D eigenvalue weighted by Crippen LogP contribution is -3.19. The Bertz CT molecular complexity index is 708. The fourth-order valence-electron chi connectivity index (χ4n) is 3.36. The third kappa shape index (κ3) is 4.45. The molecule has 0 saturated carbocycles. The van der Waals surface area contributed by atoms with E-state index in [1.807, 2.05) is 19.1 Å². The summed E-state index contributed by atoms with van der Waals surface area (Å²) in [5.74, 6) is 0.506. The molecule has 2 atom stereocenters. The van der Waals surface area contributed by atoms with Gasteiger partial charge in [-0.3, -0.25) is 4.79 Å². The molecule has 1 aromatic rings. The third-order valence-corrected chi connectivity index (χ3v) is 7.40. The summed E-state index contributed by atoms with van der Waals surface area (Å²) in [6, 6.07) is 7.12. The Morgan fingerprint density at radius 2 is 1.69 bits per heavy atom. The number of rotatable bonds is 6. The van der Waals surface area contributed by atoms with Crippen molar-refractivity contribution in [2.24, 2.45) is 0 Å². The molecule has 1 saturated heterocycles. The maximum atomic E-state index is 12.9. The van der Waals surface area contributed by atoms with Gasteiger partial charge >= 0.3 is 0 Å². The number of nitrogens with one attached hydrogen (secondary N) is 1. The Morgan fingerprint density at radius 3 is 2.15 bits per heavy atom. The molecular formula is C19H32N3O3S+. The van der Waals surface area contributed by atoms with Crippen LogP contribution in [0.3, 0.4) is 0 Å². The van der Waals surface area contributed by atoms with Crippen LogP contribution in [0, 0.1) is 0 Å². The molecule has 1 heterocycles. The second-order valence-electron chi connectivity index (χ2n) is 7.40. The SMILES string of the molecule is CC[C@H](C)c1ccc(S(=O)(=O)N2CC[NH+]([C@H](C)C(=O)N(C)C)CC2)cc1. The predicted molar refractivity (Wildman–Crippen MR) is 103 cm³/mol. The number of carbonyl (C=O) groups excluding carboxylic acids is 1. The first-order valence-corrected chi connectivity index (χ1v) is 10.8. The summed E-state index contributed by atoms with van der Waals surface area (Å²) in [6.45, 7) is 8.35. The molecule has 1 aliphatic rings. The standard InChI is InChI=1S/C19H31N3O3S/c1-6-15(2)17-7-9-18(10-8-17)26(24,25)22-13-11-21(12-14-22)16(3)19(23)20(4)5/h7-10,15-16H,6,11-14H2,1-5H3/p+1/t15-,16+/m0/s1. The molecule has 0 bridgehead atoms. The number of benzene rings is 1. The van der Waals surface area contributed by atoms with Crippen LogP contribution in [0.4, 0.5) is 0 Å². The van der Waals surface area contributed by atoms with E-state index in [9.17, 15) is 13.2 Å². The lowest BCUT2D eigenvalue weighted by atomic mass is 9.99. The lowest BCUT2D eigenvalue weighted by molar-refractivity contribution is -0.917. The molecule has 1 aliphatic heterocycles. The van der Waals surface area contributed by atoms with Crippen LogP contribution >= 0.6 is 0 Å². The summed E-state index contributed by atoms with van der Waals surface area (Å²) in [6.07, 6.45) is 1.03. The molecular weight excluding hydrogens is 350 g/mol. The van der Waals surface area contributed by atoms with Crippen LogP contribution in [0.15, 0.2) is 29.2 Å². The maximum absolute atomic E-state index is 12.9. The molecule has 7 heteroatoms. The van der Waals surface area contributed by atoms with Crippen LogP contribution in [0.5, 0.6) is 0 Å². The Balaban J connectivity index is 2.04. The molecule has 1 N–H and O–H groups in total. The number of hydrogen-bond donors (Lipinski definition) is 1. The van der Waals surface area contributed by atoms with Crippen molar-refractivity contribution in [3.63, 3.8) is 0 Å². The topological polar surface area (TPSA) is 62.1 Å². The van der Waals surface area contributed by atoms with Crippen molar-refractivity contribution in [3.05, 3.63) is 29.8 Å². The largest absolute Gasteiger partial charge is 0.344 e. The van der Waals surface area contributed by atoms with Crippen molar-refractivity contribution in [1.29, 1.82) is 0 Å². The average Bonchev–Trinajstić information content (AvgIpc) is 2.66. The van der Waals surface area contributed by atoms with E-state index in [2.05, 4.69) is 13.8 Å². The number of amides is 1. The summed E-state index contributed by atoms with van der Waals surface area (Å²) in [5, 5.41) is 0. The normalized spacial score (nSPS) is 19.1. The van der Waals surface area contributed by atoms with E-state index < -0.39 is 10.0 Å². The number of carbonyl (C=O) groups is 1. The van der Waals surface area contributed by atoms with Gasteiger partial charge in [0.1, 0.15) is 0 Å². The first-order valence-electron chi connectivity index (χ1n) is 9.34. The number of piperazine rings is 1. The Labute approximate surface area is 157 Å². The van der Waals surface area contributed by atoms with Gasteiger partial charge in [0.15, 0.2) is 6.04 Å². The van der Waals surface area contributed by atoms with Crippen molar-refractivity contribution < 1.29 is 18.1 Å². The monoisotopic (exact) mass is 382 g/mol. The molecule has 1 aromatic carbocycles. The maximum Gasteiger partial charge on any atom is 0.280 e. The first kappa shape index (κ1) is 20.9. The van der Waals surface area contributed by atoms with Gasteiger partial charge in [0.25, 0.3) is 5.91 Å². The summed E-state index contributed by atoms with van der Waals surface area (Å²) in [5.41, 5.74) is 1.16. The Morgan fingerprint density at radius 1 is 1.15 bits per heavy atom. The molecule has 0 unspecified atom stereocenters. The summed E-state index contributed by atoms with van der Waals surface area (Å²) >= 11 is 0. The third-order valence-electron chi connectivity index (χ3n) is 5.49. The highest BCUT2D eigenvalue weighted by Crippen LogP contribution is 2.22. The minimum Gasteiger partial charge on any atom is -0.344 e. The molecule has 146 valence electrons. The van der Waals surface area contributed by atoms with Gasteiger partial charge in [0.05, 0.1) is 31.1 Å². The van der Waals surface area contributed by atoms with Crippen LogP contribution in [0.1, 0.15) is 38.7 Å². The van der Waals surface area contributed by atoms with E-state index in [-0.39, 0.29) is 11.9 Å². The highest BCUT2D eigenvalue weighted by Gasteiger charge is 2.34. The van der Waals surface area contributed by atoms with Gasteiger partial charge < -0.3 is 9.80 Å². The van der Waals surface area contributed by atoms with Gasteiger partial charge in [0, 0.05) is 14.1 Å². The number of quaternary nitrogens is 1. The predicted octanol–water partition coefficient (Wildman–Crippen LogP) is 0.566.